The molecule has 0 saturated carbocycles. The lowest BCUT2D eigenvalue weighted by atomic mass is 10.1. The van der Waals surface area contributed by atoms with Gasteiger partial charge >= 0.3 is 12.3 Å². The van der Waals surface area contributed by atoms with Crippen molar-refractivity contribution in [2.24, 2.45) is 12.0 Å². The van der Waals surface area contributed by atoms with Crippen molar-refractivity contribution in [1.29, 1.82) is 0 Å². The van der Waals surface area contributed by atoms with Gasteiger partial charge in [0.15, 0.2) is 0 Å². The highest BCUT2D eigenvalue weighted by Gasteiger charge is 2.31. The fourth-order valence-corrected chi connectivity index (χ4v) is 4.01. The number of fused-ring (bicyclic) bond motifs is 1. The largest absolute Gasteiger partial charge is 0.573 e. The lowest BCUT2D eigenvalue weighted by Crippen LogP contribution is -2.26. The van der Waals surface area contributed by atoms with Crippen LogP contribution in [0.25, 0.3) is 11.0 Å². The molecule has 0 fully saturated rings. The monoisotopic (exact) mass is 546 g/mol. The zero-order valence-electron chi connectivity index (χ0n) is 20.0. The second kappa shape index (κ2) is 11.0. The quantitative estimate of drug-likeness (QED) is 0.324. The minimum Gasteiger partial charge on any atom is -0.481 e. The predicted molar refractivity (Wildman–Crippen MR) is 134 cm³/mol. The van der Waals surface area contributed by atoms with Crippen molar-refractivity contribution in [3.05, 3.63) is 88.5 Å². The highest BCUT2D eigenvalue weighted by molar-refractivity contribution is 6.31. The first kappa shape index (κ1) is 26.8. The molecule has 8 nitrogen and oxygen atoms in total. The highest BCUT2D eigenvalue weighted by Crippen LogP contribution is 2.25. The normalized spacial score (nSPS) is 12.1. The number of hydrogen-bond donors (Lipinski definition) is 2. The van der Waals surface area contributed by atoms with E-state index in [-0.39, 0.29) is 24.6 Å². The molecular weight excluding hydrogens is 525 g/mol. The van der Waals surface area contributed by atoms with E-state index >= 15 is 0 Å². The molecule has 1 aromatic heterocycles. The smallest absolute Gasteiger partial charge is 0.481 e. The summed E-state index contributed by atoms with van der Waals surface area (Å²) in [4.78, 5) is 27.6. The Balaban J connectivity index is 1.66. The molecule has 4 rings (SSSR count). The van der Waals surface area contributed by atoms with E-state index in [9.17, 15) is 22.8 Å². The van der Waals surface area contributed by atoms with Crippen LogP contribution in [0.4, 0.5) is 18.9 Å². The first-order valence-electron chi connectivity index (χ1n) is 11.3. The number of ether oxygens (including phenoxy) is 1. The summed E-state index contributed by atoms with van der Waals surface area (Å²) in [6.45, 7) is 0.395. The maximum atomic E-state index is 12.5. The number of halogens is 4. The number of carboxylic acid groups (broad SMARTS) is 1. The van der Waals surface area contributed by atoms with Gasteiger partial charge in [-0.05, 0) is 60.2 Å². The van der Waals surface area contributed by atoms with Crippen LogP contribution in [-0.4, -0.2) is 39.0 Å². The van der Waals surface area contributed by atoms with Crippen LogP contribution in [0.15, 0.2) is 71.7 Å². The maximum Gasteiger partial charge on any atom is 0.573 e. The molecule has 0 atom stereocenters. The number of imidazole rings is 1. The van der Waals surface area contributed by atoms with Gasteiger partial charge in [0.05, 0.1) is 29.7 Å². The van der Waals surface area contributed by atoms with Gasteiger partial charge in [-0.15, -0.1) is 13.2 Å². The first-order valence-corrected chi connectivity index (χ1v) is 11.7. The van der Waals surface area contributed by atoms with Crippen LogP contribution < -0.4 is 15.7 Å². The predicted octanol–water partition coefficient (Wildman–Crippen LogP) is 5.02. The first-order chi connectivity index (χ1) is 18.0. The van der Waals surface area contributed by atoms with Gasteiger partial charge in [-0.2, -0.15) is 0 Å². The molecule has 2 N–H and O–H groups in total. The van der Waals surface area contributed by atoms with Gasteiger partial charge in [-0.3, -0.25) is 9.59 Å². The Kier molecular flexibility index (Phi) is 7.77. The summed E-state index contributed by atoms with van der Waals surface area (Å²) in [5.74, 6) is -1.72. The average Bonchev–Trinajstić information content (AvgIpc) is 3.09. The molecule has 4 aromatic rings. The third kappa shape index (κ3) is 6.54. The number of aryl methyl sites for hydroxylation is 1. The molecule has 12 heteroatoms. The topological polar surface area (TPSA) is 97.9 Å². The Labute approximate surface area is 219 Å². The lowest BCUT2D eigenvalue weighted by molar-refractivity contribution is -0.274. The van der Waals surface area contributed by atoms with Crippen molar-refractivity contribution in [2.75, 3.05) is 6.54 Å². The van der Waals surface area contributed by atoms with Crippen LogP contribution in [0.5, 0.6) is 5.75 Å². The summed E-state index contributed by atoms with van der Waals surface area (Å²) in [5, 5.41) is 11.8. The van der Waals surface area contributed by atoms with E-state index in [1.807, 2.05) is 15.2 Å². The van der Waals surface area contributed by atoms with Crippen LogP contribution in [0.2, 0.25) is 5.02 Å². The van der Waals surface area contributed by atoms with Crippen molar-refractivity contribution < 1.29 is 32.6 Å². The number of benzene rings is 3. The van der Waals surface area contributed by atoms with E-state index in [2.05, 4.69) is 15.0 Å². The van der Waals surface area contributed by atoms with Gasteiger partial charge < -0.3 is 24.3 Å². The second-order valence-corrected chi connectivity index (χ2v) is 8.76. The standard InChI is InChI=1S/C26H22ClF3N4O4/c1-33-22-14-18(27)6-11-21(22)34(25(33)32-19-7-9-20(10-8-19)38-26(28,29)30)15-16-2-4-17(5-3-16)24(37)31-13-12-23(35)36/h2-11,14H,12-13,15H2,1H3,(H,31,37)(H,35,36). The number of carboxylic acids is 1. The number of nitrogens with zero attached hydrogens (tertiary/aromatic N) is 3. The summed E-state index contributed by atoms with van der Waals surface area (Å²) in [5.41, 5.74) is 3.79. The molecule has 0 saturated heterocycles. The molecule has 0 spiro atoms. The fourth-order valence-electron chi connectivity index (χ4n) is 3.85. The number of nitrogens with one attached hydrogen (secondary N) is 1. The summed E-state index contributed by atoms with van der Waals surface area (Å²) in [6, 6.07) is 17.5. The Hall–Kier alpha value is -4.25. The van der Waals surface area contributed by atoms with Gasteiger partial charge in [0.25, 0.3) is 5.91 Å². The molecule has 1 amide bonds. The fraction of sp³-hybridized carbons (Fsp3) is 0.192. The maximum absolute atomic E-state index is 12.5. The van der Waals surface area contributed by atoms with E-state index in [0.29, 0.717) is 28.4 Å². The molecule has 0 bridgehead atoms. The minimum atomic E-state index is -4.79. The molecule has 38 heavy (non-hydrogen) atoms. The van der Waals surface area contributed by atoms with Gasteiger partial charge in [0.2, 0.25) is 5.62 Å². The number of rotatable bonds is 8. The van der Waals surface area contributed by atoms with Crippen LogP contribution >= 0.6 is 11.6 Å². The van der Waals surface area contributed by atoms with Crippen LogP contribution in [0.1, 0.15) is 22.3 Å². The Morgan fingerprint density at radius 2 is 1.71 bits per heavy atom. The van der Waals surface area contributed by atoms with Crippen molar-refractivity contribution in [3.8, 4) is 5.75 Å². The van der Waals surface area contributed by atoms with Gasteiger partial charge in [-0.1, -0.05) is 23.7 Å². The molecule has 1 heterocycles. The van der Waals surface area contributed by atoms with Gasteiger partial charge in [0, 0.05) is 24.2 Å². The molecule has 3 aromatic carbocycles. The van der Waals surface area contributed by atoms with Gasteiger partial charge in [-0.25, -0.2) is 4.99 Å². The number of hydrogen-bond acceptors (Lipinski definition) is 4. The minimum absolute atomic E-state index is 0.0263. The number of amides is 1. The summed E-state index contributed by atoms with van der Waals surface area (Å²) < 4.78 is 45.2. The zero-order valence-corrected chi connectivity index (χ0v) is 20.8. The number of aliphatic carboxylic acids is 1. The van der Waals surface area contributed by atoms with E-state index in [0.717, 1.165) is 16.6 Å². The van der Waals surface area contributed by atoms with Crippen molar-refractivity contribution >= 4 is 40.2 Å². The zero-order chi connectivity index (χ0) is 27.4. The van der Waals surface area contributed by atoms with Crippen LogP contribution in [0, 0.1) is 0 Å². The molecule has 0 radical (unpaired) electrons. The van der Waals surface area contributed by atoms with E-state index < -0.39 is 12.3 Å². The molecule has 0 aliphatic carbocycles. The third-order valence-electron chi connectivity index (χ3n) is 5.61. The highest BCUT2D eigenvalue weighted by atomic mass is 35.5. The number of alkyl halides is 3. The van der Waals surface area contributed by atoms with Gasteiger partial charge in [0.1, 0.15) is 5.75 Å². The average molecular weight is 547 g/mol. The van der Waals surface area contributed by atoms with Crippen LogP contribution in [0.3, 0.4) is 0 Å². The lowest BCUT2D eigenvalue weighted by Gasteiger charge is -2.09. The molecule has 0 aliphatic rings. The van der Waals surface area contributed by atoms with E-state index in [4.69, 9.17) is 16.7 Å². The summed E-state index contributed by atoms with van der Waals surface area (Å²) in [6.07, 6.45) is -4.96. The molecule has 0 aliphatic heterocycles. The number of carbonyl (C=O) groups excluding carboxylic acids is 1. The molecular formula is C26H22ClF3N4O4. The second-order valence-electron chi connectivity index (χ2n) is 8.33. The number of aromatic nitrogens is 2. The molecule has 0 unspecified atom stereocenters. The summed E-state index contributed by atoms with van der Waals surface area (Å²) in [7, 11) is 1.81. The van der Waals surface area contributed by atoms with Crippen molar-refractivity contribution in [2.45, 2.75) is 19.3 Å². The number of carbonyl (C=O) groups is 2. The summed E-state index contributed by atoms with van der Waals surface area (Å²) >= 11 is 6.21. The van der Waals surface area contributed by atoms with Crippen LogP contribution in [-0.2, 0) is 18.4 Å². The Bertz CT molecular complexity index is 1540. The van der Waals surface area contributed by atoms with Crippen molar-refractivity contribution in [1.82, 2.24) is 14.5 Å². The Morgan fingerprint density at radius 3 is 2.34 bits per heavy atom. The Morgan fingerprint density at radius 1 is 1.03 bits per heavy atom. The third-order valence-corrected chi connectivity index (χ3v) is 5.85. The van der Waals surface area contributed by atoms with E-state index in [1.54, 1.807) is 43.4 Å². The SMILES string of the molecule is Cn1c(=Nc2ccc(OC(F)(F)F)cc2)n(Cc2ccc(C(=O)NCCC(=O)O)cc2)c2ccc(Cl)cc21. The molecule has 198 valence electrons. The van der Waals surface area contributed by atoms with E-state index in [1.165, 1.54) is 24.3 Å². The van der Waals surface area contributed by atoms with Crippen molar-refractivity contribution in [3.63, 3.8) is 0 Å².